The summed E-state index contributed by atoms with van der Waals surface area (Å²) in [6.45, 7) is 0. The Balaban J connectivity index is 2.33. The zero-order chi connectivity index (χ0) is 10.8. The number of fused-ring (bicyclic) bond motifs is 1. The highest BCUT2D eigenvalue weighted by Gasteiger charge is 2.18. The van der Waals surface area contributed by atoms with E-state index in [1.807, 2.05) is 6.07 Å². The van der Waals surface area contributed by atoms with Crippen LogP contribution < -0.4 is 10.1 Å². The lowest BCUT2D eigenvalue weighted by molar-refractivity contribution is -0.135. The van der Waals surface area contributed by atoms with E-state index in [-0.39, 0.29) is 6.42 Å². The van der Waals surface area contributed by atoms with Crippen molar-refractivity contribution in [1.29, 1.82) is 0 Å². The molecule has 0 saturated carbocycles. The Morgan fingerprint density at radius 1 is 1.53 bits per heavy atom. The third kappa shape index (κ3) is 1.79. The summed E-state index contributed by atoms with van der Waals surface area (Å²) >= 11 is 0. The molecule has 0 amide bonds. The maximum absolute atomic E-state index is 10.6. The molecule has 0 bridgehead atoms. The molecule has 1 aromatic rings. The van der Waals surface area contributed by atoms with Gasteiger partial charge in [-0.05, 0) is 23.8 Å². The molecule has 0 saturated heterocycles. The van der Waals surface area contributed by atoms with Gasteiger partial charge in [0.1, 0.15) is 5.75 Å². The Kier molecular flexibility index (Phi) is 2.33. The number of hydrogen-bond acceptors (Lipinski definition) is 2. The lowest BCUT2D eigenvalue weighted by atomic mass is 10.0. The van der Waals surface area contributed by atoms with Crippen molar-refractivity contribution in [3.8, 4) is 5.75 Å². The predicted molar refractivity (Wildman–Crippen MR) is 55.0 cm³/mol. The second kappa shape index (κ2) is 3.65. The first-order chi connectivity index (χ1) is 7.20. The van der Waals surface area contributed by atoms with Gasteiger partial charge in [0.05, 0.1) is 19.2 Å². The van der Waals surface area contributed by atoms with E-state index >= 15 is 0 Å². The van der Waals surface area contributed by atoms with Crippen LogP contribution in [-0.2, 0) is 4.79 Å². The number of carboxylic acids is 1. The molecule has 77 valence electrons. The van der Waals surface area contributed by atoms with Crippen LogP contribution in [0.2, 0.25) is 0 Å². The van der Waals surface area contributed by atoms with Gasteiger partial charge < -0.3 is 9.84 Å². The van der Waals surface area contributed by atoms with E-state index in [0.717, 1.165) is 16.8 Å². The van der Waals surface area contributed by atoms with Crippen LogP contribution in [0.5, 0.6) is 5.75 Å². The summed E-state index contributed by atoms with van der Waals surface area (Å²) in [5.41, 5.74) is 2.36. The number of aliphatic carboxylic acids is 1. The van der Waals surface area contributed by atoms with Gasteiger partial charge in [-0.25, -0.2) is 0 Å². The van der Waals surface area contributed by atoms with Crippen molar-refractivity contribution in [2.45, 2.75) is 6.42 Å². The minimum atomic E-state index is -0.855. The largest absolute Gasteiger partial charge is 0.497 e. The molecule has 0 unspecified atom stereocenters. The molecule has 4 nitrogen and oxygen atoms in total. The highest BCUT2D eigenvalue weighted by atomic mass is 16.5. The topological polar surface area (TPSA) is 60.6 Å². The molecule has 1 heterocycles. The maximum Gasteiger partial charge on any atom is 0.307 e. The van der Waals surface area contributed by atoms with Crippen molar-refractivity contribution >= 4 is 17.2 Å². The number of hydrogen-bond donors (Lipinski definition) is 1. The van der Waals surface area contributed by atoms with Gasteiger partial charge in [0, 0.05) is 11.8 Å². The highest BCUT2D eigenvalue weighted by molar-refractivity contribution is 5.89. The summed E-state index contributed by atoms with van der Waals surface area (Å²) in [5.74, 6) is -0.144. The third-order valence-corrected chi connectivity index (χ3v) is 2.25. The van der Waals surface area contributed by atoms with Gasteiger partial charge in [0.2, 0.25) is 0 Å². The quantitative estimate of drug-likeness (QED) is 0.816. The Labute approximate surface area is 87.2 Å². The molecular weight excluding hydrogens is 194 g/mol. The van der Waals surface area contributed by atoms with Crippen molar-refractivity contribution < 1.29 is 14.6 Å². The number of carboxylic acid groups (broad SMARTS) is 1. The van der Waals surface area contributed by atoms with E-state index in [2.05, 4.69) is 5.32 Å². The third-order valence-electron chi connectivity index (χ3n) is 2.25. The summed E-state index contributed by atoms with van der Waals surface area (Å²) in [5, 5.41) is 12.8. The fourth-order valence-corrected chi connectivity index (χ4v) is 1.53. The Morgan fingerprint density at radius 2 is 2.33 bits per heavy atom. The first-order valence-corrected chi connectivity index (χ1v) is 4.51. The first kappa shape index (κ1) is 9.58. The molecule has 0 aliphatic carbocycles. The summed E-state index contributed by atoms with van der Waals surface area (Å²) in [6.07, 6.45) is 1.59. The normalized spacial score (nSPS) is 12.7. The summed E-state index contributed by atoms with van der Waals surface area (Å²) < 4.78 is 5.08. The van der Waals surface area contributed by atoms with E-state index in [1.165, 1.54) is 0 Å². The molecule has 1 aliphatic rings. The summed E-state index contributed by atoms with van der Waals surface area (Å²) in [7, 11) is 1.58. The molecule has 15 heavy (non-hydrogen) atoms. The molecule has 1 radical (unpaired) electrons. The Bertz CT molecular complexity index is 437. The van der Waals surface area contributed by atoms with E-state index in [0.29, 0.717) is 5.75 Å². The second-order valence-corrected chi connectivity index (χ2v) is 3.24. The van der Waals surface area contributed by atoms with Gasteiger partial charge in [0.15, 0.2) is 0 Å². The van der Waals surface area contributed by atoms with Crippen LogP contribution >= 0.6 is 0 Å². The first-order valence-electron chi connectivity index (χ1n) is 4.51. The van der Waals surface area contributed by atoms with Gasteiger partial charge in [-0.2, -0.15) is 0 Å². The maximum atomic E-state index is 10.6. The van der Waals surface area contributed by atoms with Gasteiger partial charge in [-0.15, -0.1) is 0 Å². The average molecular weight is 204 g/mol. The van der Waals surface area contributed by atoms with Gasteiger partial charge in [0.25, 0.3) is 0 Å². The van der Waals surface area contributed by atoms with Crippen molar-refractivity contribution in [2.24, 2.45) is 0 Å². The molecule has 0 spiro atoms. The lowest BCUT2D eigenvalue weighted by Crippen LogP contribution is -1.95. The minimum absolute atomic E-state index is 0.0103. The summed E-state index contributed by atoms with van der Waals surface area (Å²) in [6, 6.07) is 5.43. The van der Waals surface area contributed by atoms with E-state index < -0.39 is 5.97 Å². The number of nitrogens with zero attached hydrogens (tertiary/aromatic N) is 1. The molecule has 4 heteroatoms. The number of carbonyl (C=O) groups is 1. The molecular formula is C11H10NO3. The van der Waals surface area contributed by atoms with Crippen molar-refractivity contribution in [2.75, 3.05) is 7.11 Å². The van der Waals surface area contributed by atoms with Crippen molar-refractivity contribution in [3.63, 3.8) is 0 Å². The number of ether oxygens (including phenoxy) is 1. The molecule has 1 N–H and O–H groups in total. The van der Waals surface area contributed by atoms with Crippen LogP contribution in [0.1, 0.15) is 12.0 Å². The van der Waals surface area contributed by atoms with Crippen LogP contribution in [0.4, 0.5) is 5.69 Å². The van der Waals surface area contributed by atoms with Crippen LogP contribution in [0, 0.1) is 0 Å². The number of methoxy groups -OCH3 is 1. The van der Waals surface area contributed by atoms with E-state index in [9.17, 15) is 4.79 Å². The second-order valence-electron chi connectivity index (χ2n) is 3.24. The van der Waals surface area contributed by atoms with Crippen LogP contribution in [-0.4, -0.2) is 18.2 Å². The average Bonchev–Trinajstić information content (AvgIpc) is 2.60. The summed E-state index contributed by atoms with van der Waals surface area (Å²) in [4.78, 5) is 10.6. The SMILES string of the molecule is COc1ccc2c(c1)C(CC(=O)O)=C[N]2. The lowest BCUT2D eigenvalue weighted by Gasteiger charge is -2.04. The van der Waals surface area contributed by atoms with E-state index in [1.54, 1.807) is 25.4 Å². The Morgan fingerprint density at radius 3 is 3.00 bits per heavy atom. The molecule has 0 fully saturated rings. The van der Waals surface area contributed by atoms with Crippen molar-refractivity contribution in [3.05, 3.63) is 30.0 Å². The highest BCUT2D eigenvalue weighted by Crippen LogP contribution is 2.34. The van der Waals surface area contributed by atoms with Gasteiger partial charge in [-0.1, -0.05) is 0 Å². The fourth-order valence-electron chi connectivity index (χ4n) is 1.53. The molecule has 0 atom stereocenters. The minimum Gasteiger partial charge on any atom is -0.497 e. The van der Waals surface area contributed by atoms with Crippen molar-refractivity contribution in [1.82, 2.24) is 5.32 Å². The number of benzene rings is 1. The zero-order valence-corrected chi connectivity index (χ0v) is 8.23. The standard InChI is InChI=1S/C11H10NO3/c1-15-8-2-3-10-9(5-8)7(6-12-10)4-11(13)14/h2-3,5-6H,4H2,1H3,(H,13,14). The molecule has 0 aromatic heterocycles. The van der Waals surface area contributed by atoms with Gasteiger partial charge >= 0.3 is 5.97 Å². The Hall–Kier alpha value is -1.97. The van der Waals surface area contributed by atoms with Gasteiger partial charge in [-0.3, -0.25) is 10.1 Å². The predicted octanol–water partition coefficient (Wildman–Crippen LogP) is 1.76. The van der Waals surface area contributed by atoms with Crippen LogP contribution in [0.25, 0.3) is 5.57 Å². The molecule has 2 rings (SSSR count). The monoisotopic (exact) mass is 204 g/mol. The van der Waals surface area contributed by atoms with Crippen LogP contribution in [0.15, 0.2) is 24.4 Å². The van der Waals surface area contributed by atoms with E-state index in [4.69, 9.17) is 9.84 Å². The molecule has 1 aliphatic heterocycles. The smallest absolute Gasteiger partial charge is 0.307 e. The zero-order valence-electron chi connectivity index (χ0n) is 8.23. The van der Waals surface area contributed by atoms with Crippen LogP contribution in [0.3, 0.4) is 0 Å². The molecule has 1 aromatic carbocycles. The fraction of sp³-hybridized carbons (Fsp3) is 0.182. The number of rotatable bonds is 3.